The SMILES string of the molecule is CCCCCCCCCCCCCCCc1ccc(OC(=O)[C@@H](N)CS)c(O)c1O. The third kappa shape index (κ3) is 10.6. The maximum Gasteiger partial charge on any atom is 0.329 e. The highest BCUT2D eigenvalue weighted by molar-refractivity contribution is 7.80. The highest BCUT2D eigenvalue weighted by Crippen LogP contribution is 2.38. The number of rotatable bonds is 17. The van der Waals surface area contributed by atoms with Crippen LogP contribution in [-0.4, -0.2) is 28.0 Å². The Morgan fingerprint density at radius 3 is 1.90 bits per heavy atom. The Balaban J connectivity index is 2.17. The lowest BCUT2D eigenvalue weighted by Crippen LogP contribution is -2.35. The summed E-state index contributed by atoms with van der Waals surface area (Å²) in [5, 5.41) is 20.3. The second-order valence-electron chi connectivity index (χ2n) is 8.12. The van der Waals surface area contributed by atoms with Crippen LogP contribution < -0.4 is 10.5 Å². The highest BCUT2D eigenvalue weighted by atomic mass is 32.1. The third-order valence-electron chi connectivity index (χ3n) is 5.46. The number of unbranched alkanes of at least 4 members (excludes halogenated alkanes) is 12. The Labute approximate surface area is 187 Å². The van der Waals surface area contributed by atoms with Gasteiger partial charge in [-0.1, -0.05) is 90.0 Å². The fourth-order valence-corrected chi connectivity index (χ4v) is 3.63. The van der Waals surface area contributed by atoms with Gasteiger partial charge in [0, 0.05) is 5.75 Å². The topological polar surface area (TPSA) is 92.8 Å². The minimum Gasteiger partial charge on any atom is -0.504 e. The number of ether oxygens (including phenoxy) is 1. The zero-order valence-electron chi connectivity index (χ0n) is 18.6. The Morgan fingerprint density at radius 2 is 1.40 bits per heavy atom. The molecular formula is C24H41NO4S. The van der Waals surface area contributed by atoms with Gasteiger partial charge in [-0.15, -0.1) is 0 Å². The van der Waals surface area contributed by atoms with Crippen molar-refractivity contribution < 1.29 is 19.7 Å². The second-order valence-corrected chi connectivity index (χ2v) is 8.49. The van der Waals surface area contributed by atoms with E-state index in [1.165, 1.54) is 76.7 Å². The number of aryl methyl sites for hydroxylation is 1. The van der Waals surface area contributed by atoms with Crippen LogP contribution in [0.25, 0.3) is 0 Å². The van der Waals surface area contributed by atoms with Gasteiger partial charge < -0.3 is 20.7 Å². The lowest BCUT2D eigenvalue weighted by atomic mass is 10.0. The van der Waals surface area contributed by atoms with Crippen LogP contribution in [0.15, 0.2) is 12.1 Å². The van der Waals surface area contributed by atoms with Crippen LogP contribution in [0.5, 0.6) is 17.2 Å². The molecule has 30 heavy (non-hydrogen) atoms. The van der Waals surface area contributed by atoms with Gasteiger partial charge in [-0.3, -0.25) is 0 Å². The number of carbonyl (C=O) groups excluding carboxylic acids is 1. The van der Waals surface area contributed by atoms with Crippen LogP contribution >= 0.6 is 12.6 Å². The summed E-state index contributed by atoms with van der Waals surface area (Å²) in [7, 11) is 0. The molecular weight excluding hydrogens is 398 g/mol. The van der Waals surface area contributed by atoms with Crippen LogP contribution in [0.3, 0.4) is 0 Å². The fraction of sp³-hybridized carbons (Fsp3) is 0.708. The predicted octanol–water partition coefficient (Wildman–Crippen LogP) is 5.89. The average Bonchev–Trinajstić information content (AvgIpc) is 2.75. The molecule has 1 rings (SSSR count). The van der Waals surface area contributed by atoms with Crippen molar-refractivity contribution in [1.29, 1.82) is 0 Å². The van der Waals surface area contributed by atoms with E-state index in [0.717, 1.165) is 12.8 Å². The molecule has 1 aromatic rings. The molecule has 1 atom stereocenters. The van der Waals surface area contributed by atoms with Gasteiger partial charge in [-0.05, 0) is 24.5 Å². The van der Waals surface area contributed by atoms with E-state index in [-0.39, 0.29) is 17.3 Å². The lowest BCUT2D eigenvalue weighted by molar-refractivity contribution is -0.135. The number of hydrogen-bond acceptors (Lipinski definition) is 6. The second kappa shape index (κ2) is 16.3. The van der Waals surface area contributed by atoms with Gasteiger partial charge in [0.15, 0.2) is 11.5 Å². The Hall–Kier alpha value is -1.40. The van der Waals surface area contributed by atoms with Crippen LogP contribution in [0.1, 0.15) is 96.0 Å². The molecule has 0 saturated carbocycles. The van der Waals surface area contributed by atoms with Crippen molar-refractivity contribution in [3.63, 3.8) is 0 Å². The van der Waals surface area contributed by atoms with Crippen molar-refractivity contribution in [3.8, 4) is 17.2 Å². The molecule has 1 aromatic carbocycles. The molecule has 0 heterocycles. The molecule has 172 valence electrons. The molecule has 0 spiro atoms. The third-order valence-corrected chi connectivity index (χ3v) is 5.85. The molecule has 0 aliphatic rings. The molecule has 0 unspecified atom stereocenters. The number of carbonyl (C=O) groups is 1. The van der Waals surface area contributed by atoms with Crippen molar-refractivity contribution in [3.05, 3.63) is 17.7 Å². The van der Waals surface area contributed by atoms with Crippen molar-refractivity contribution in [2.45, 2.75) is 103 Å². The smallest absolute Gasteiger partial charge is 0.329 e. The largest absolute Gasteiger partial charge is 0.504 e. The van der Waals surface area contributed by atoms with Gasteiger partial charge in [-0.25, -0.2) is 4.79 Å². The zero-order chi connectivity index (χ0) is 22.2. The molecule has 0 saturated heterocycles. The number of aromatic hydroxyl groups is 2. The molecule has 0 aromatic heterocycles. The number of esters is 1. The number of hydrogen-bond donors (Lipinski definition) is 4. The highest BCUT2D eigenvalue weighted by Gasteiger charge is 2.19. The van der Waals surface area contributed by atoms with Gasteiger partial charge >= 0.3 is 5.97 Å². The molecule has 0 bridgehead atoms. The molecule has 4 N–H and O–H groups in total. The number of benzene rings is 1. The average molecular weight is 440 g/mol. The summed E-state index contributed by atoms with van der Waals surface area (Å²) in [6.45, 7) is 2.25. The molecule has 0 aliphatic heterocycles. The summed E-state index contributed by atoms with van der Waals surface area (Å²) < 4.78 is 5.03. The quantitative estimate of drug-likeness (QED) is 0.0798. The number of thiol groups is 1. The minimum absolute atomic E-state index is 0.0798. The Morgan fingerprint density at radius 1 is 0.900 bits per heavy atom. The van der Waals surface area contributed by atoms with Crippen molar-refractivity contribution >= 4 is 18.6 Å². The standard InChI is InChI=1S/C24H41NO4S/c1-2-3-4-5-6-7-8-9-10-11-12-13-14-15-19-16-17-21(23(27)22(19)26)29-24(28)20(25)18-30/h16-17,20,26-27,30H,2-15,18,25H2,1H3/t20-/m0/s1. The summed E-state index contributed by atoms with van der Waals surface area (Å²) in [5.74, 6) is -1.27. The minimum atomic E-state index is -0.875. The first-order chi connectivity index (χ1) is 14.5. The van der Waals surface area contributed by atoms with E-state index < -0.39 is 17.8 Å². The number of phenols is 2. The maximum absolute atomic E-state index is 11.7. The van der Waals surface area contributed by atoms with E-state index in [4.69, 9.17) is 10.5 Å². The van der Waals surface area contributed by atoms with Crippen LogP contribution in [0.2, 0.25) is 0 Å². The first-order valence-corrected chi connectivity index (χ1v) is 12.3. The van der Waals surface area contributed by atoms with E-state index in [2.05, 4.69) is 19.6 Å². The summed E-state index contributed by atoms with van der Waals surface area (Å²) in [6, 6.07) is 2.31. The first-order valence-electron chi connectivity index (χ1n) is 11.6. The molecule has 0 amide bonds. The summed E-state index contributed by atoms with van der Waals surface area (Å²) in [6.07, 6.45) is 17.4. The fourth-order valence-electron chi connectivity index (χ4n) is 3.48. The molecule has 5 nitrogen and oxygen atoms in total. The van der Waals surface area contributed by atoms with Crippen LogP contribution in [0, 0.1) is 0 Å². The molecule has 0 radical (unpaired) electrons. The summed E-state index contributed by atoms with van der Waals surface area (Å²) >= 11 is 3.94. The van der Waals surface area contributed by atoms with E-state index in [1.54, 1.807) is 6.07 Å². The van der Waals surface area contributed by atoms with E-state index in [0.29, 0.717) is 12.0 Å². The van der Waals surface area contributed by atoms with Gasteiger partial charge in [0.1, 0.15) is 6.04 Å². The number of phenolic OH excluding ortho intramolecular Hbond substituents is 2. The Bertz CT molecular complexity index is 609. The van der Waals surface area contributed by atoms with Gasteiger partial charge in [0.25, 0.3) is 0 Å². The van der Waals surface area contributed by atoms with Gasteiger partial charge in [0.2, 0.25) is 5.75 Å². The van der Waals surface area contributed by atoms with E-state index in [1.807, 2.05) is 0 Å². The van der Waals surface area contributed by atoms with Gasteiger partial charge in [-0.2, -0.15) is 12.6 Å². The normalized spacial score (nSPS) is 12.1. The molecule has 0 aliphatic carbocycles. The first kappa shape index (κ1) is 26.6. The van der Waals surface area contributed by atoms with Crippen LogP contribution in [0.4, 0.5) is 0 Å². The van der Waals surface area contributed by atoms with Crippen molar-refractivity contribution in [2.75, 3.05) is 5.75 Å². The molecule has 0 fully saturated rings. The molecule has 6 heteroatoms. The predicted molar refractivity (Wildman–Crippen MR) is 127 cm³/mol. The Kier molecular flexibility index (Phi) is 14.5. The lowest BCUT2D eigenvalue weighted by Gasteiger charge is -2.13. The van der Waals surface area contributed by atoms with Gasteiger partial charge in [0.05, 0.1) is 0 Å². The number of nitrogens with two attached hydrogens (primary N) is 1. The monoisotopic (exact) mass is 439 g/mol. The van der Waals surface area contributed by atoms with Crippen molar-refractivity contribution in [1.82, 2.24) is 0 Å². The summed E-state index contributed by atoms with van der Waals surface area (Å²) in [5.41, 5.74) is 6.21. The zero-order valence-corrected chi connectivity index (χ0v) is 19.5. The van der Waals surface area contributed by atoms with E-state index >= 15 is 0 Å². The maximum atomic E-state index is 11.7. The van der Waals surface area contributed by atoms with Crippen LogP contribution in [-0.2, 0) is 11.2 Å². The summed E-state index contributed by atoms with van der Waals surface area (Å²) in [4.78, 5) is 11.7. The van der Waals surface area contributed by atoms with Crippen molar-refractivity contribution in [2.24, 2.45) is 5.73 Å². The van der Waals surface area contributed by atoms with E-state index in [9.17, 15) is 15.0 Å².